The van der Waals surface area contributed by atoms with Crippen molar-refractivity contribution in [1.82, 2.24) is 10.3 Å². The summed E-state index contributed by atoms with van der Waals surface area (Å²) in [6.45, 7) is 7.26. The molecule has 136 valence electrons. The summed E-state index contributed by atoms with van der Waals surface area (Å²) >= 11 is 0. The first-order chi connectivity index (χ1) is 13.0. The molecule has 27 heavy (non-hydrogen) atoms. The number of fused-ring (bicyclic) bond motifs is 1. The van der Waals surface area contributed by atoms with Gasteiger partial charge in [-0.1, -0.05) is 34.6 Å². The lowest BCUT2D eigenvalue weighted by Crippen LogP contribution is -2.22. The molecular weight excluding hydrogens is 344 g/mol. The molecule has 2 aromatic heterocycles. The number of nitrogens with one attached hydrogen (secondary N) is 1. The molecule has 0 bridgehead atoms. The van der Waals surface area contributed by atoms with E-state index in [1.54, 1.807) is 19.1 Å². The quantitative estimate of drug-likeness (QED) is 0.750. The van der Waals surface area contributed by atoms with Gasteiger partial charge in [0, 0.05) is 11.1 Å². The summed E-state index contributed by atoms with van der Waals surface area (Å²) in [5.74, 6) is 1.13. The molecule has 1 aliphatic carbocycles. The van der Waals surface area contributed by atoms with E-state index in [1.807, 2.05) is 39.0 Å². The second kappa shape index (κ2) is 6.35. The second-order valence-electron chi connectivity index (χ2n) is 6.43. The van der Waals surface area contributed by atoms with Crippen LogP contribution in [-0.2, 0) is 0 Å². The van der Waals surface area contributed by atoms with E-state index in [0.717, 1.165) is 5.56 Å². The molecule has 0 atom stereocenters. The molecule has 3 aromatic rings. The standard InChI is InChI=1S/C20H18N4O3/c1-10-18(12(3)26-23-10)21-16-9-17(22-19-11(2)24-27-13(19)4)20(25)15-8-6-5-7-14(15)16/h5-9,22H,1-4H3. The van der Waals surface area contributed by atoms with Crippen molar-refractivity contribution in [3.63, 3.8) is 0 Å². The SMILES string of the molecule is Cc1noc(C)c1N=C1C=C(Nc2c(C)noc2C)C(=O)c2ccccc21. The second-order valence-corrected chi connectivity index (χ2v) is 6.43. The van der Waals surface area contributed by atoms with Crippen LogP contribution in [0.4, 0.5) is 11.4 Å². The lowest BCUT2D eigenvalue weighted by atomic mass is 9.92. The van der Waals surface area contributed by atoms with Crippen LogP contribution in [0, 0.1) is 27.7 Å². The third kappa shape index (κ3) is 2.87. The zero-order valence-electron chi connectivity index (χ0n) is 15.5. The van der Waals surface area contributed by atoms with Crippen molar-refractivity contribution in [2.75, 3.05) is 5.32 Å². The first kappa shape index (κ1) is 17.0. The smallest absolute Gasteiger partial charge is 0.209 e. The number of benzene rings is 1. The topological polar surface area (TPSA) is 93.5 Å². The lowest BCUT2D eigenvalue weighted by Gasteiger charge is -2.18. The zero-order valence-corrected chi connectivity index (χ0v) is 15.5. The normalized spacial score (nSPS) is 15.0. The fourth-order valence-electron chi connectivity index (χ4n) is 3.07. The summed E-state index contributed by atoms with van der Waals surface area (Å²) in [6, 6.07) is 7.40. The Morgan fingerprint density at radius 3 is 2.22 bits per heavy atom. The van der Waals surface area contributed by atoms with E-state index in [9.17, 15) is 4.79 Å². The zero-order chi connectivity index (χ0) is 19.1. The van der Waals surface area contributed by atoms with Crippen LogP contribution in [0.2, 0.25) is 0 Å². The molecule has 7 nitrogen and oxygen atoms in total. The Morgan fingerprint density at radius 2 is 1.59 bits per heavy atom. The number of nitrogens with zero attached hydrogens (tertiary/aromatic N) is 3. The molecule has 0 saturated heterocycles. The molecule has 1 aliphatic rings. The number of allylic oxidation sites excluding steroid dienone is 2. The number of aromatic nitrogens is 2. The highest BCUT2D eigenvalue weighted by Crippen LogP contribution is 2.29. The van der Waals surface area contributed by atoms with Gasteiger partial charge in [0.2, 0.25) is 5.78 Å². The van der Waals surface area contributed by atoms with Gasteiger partial charge in [-0.05, 0) is 33.8 Å². The molecule has 0 fully saturated rings. The minimum Gasteiger partial charge on any atom is -0.359 e. The van der Waals surface area contributed by atoms with E-state index in [4.69, 9.17) is 14.0 Å². The van der Waals surface area contributed by atoms with E-state index in [-0.39, 0.29) is 5.78 Å². The van der Waals surface area contributed by atoms with Gasteiger partial charge < -0.3 is 14.4 Å². The van der Waals surface area contributed by atoms with Gasteiger partial charge in [-0.3, -0.25) is 4.79 Å². The van der Waals surface area contributed by atoms with Crippen LogP contribution < -0.4 is 5.32 Å². The first-order valence-electron chi connectivity index (χ1n) is 8.53. The summed E-state index contributed by atoms with van der Waals surface area (Å²) in [6.07, 6.45) is 1.74. The highest BCUT2D eigenvalue weighted by atomic mass is 16.5. The number of rotatable bonds is 3. The molecule has 0 saturated carbocycles. The average Bonchev–Trinajstić information content (AvgIpc) is 3.15. The van der Waals surface area contributed by atoms with Crippen molar-refractivity contribution in [2.24, 2.45) is 4.99 Å². The molecule has 0 radical (unpaired) electrons. The van der Waals surface area contributed by atoms with Gasteiger partial charge in [0.15, 0.2) is 11.5 Å². The molecule has 4 rings (SSSR count). The first-order valence-corrected chi connectivity index (χ1v) is 8.53. The molecule has 0 unspecified atom stereocenters. The molecule has 1 aromatic carbocycles. The maximum absolute atomic E-state index is 13.0. The van der Waals surface area contributed by atoms with E-state index < -0.39 is 0 Å². The van der Waals surface area contributed by atoms with Gasteiger partial charge in [0.05, 0.1) is 11.4 Å². The van der Waals surface area contributed by atoms with E-state index in [1.165, 1.54) is 0 Å². The van der Waals surface area contributed by atoms with Crippen molar-refractivity contribution in [3.05, 3.63) is 70.1 Å². The maximum Gasteiger partial charge on any atom is 0.209 e. The molecule has 0 spiro atoms. The van der Waals surface area contributed by atoms with Gasteiger partial charge in [-0.2, -0.15) is 0 Å². The molecule has 0 aliphatic heterocycles. The summed E-state index contributed by atoms with van der Waals surface area (Å²) in [4.78, 5) is 17.7. The van der Waals surface area contributed by atoms with E-state index in [2.05, 4.69) is 15.6 Å². The fraction of sp³-hybridized carbons (Fsp3) is 0.200. The lowest BCUT2D eigenvalue weighted by molar-refractivity contribution is 0.103. The number of hydrogen-bond donors (Lipinski definition) is 1. The molecule has 2 heterocycles. The van der Waals surface area contributed by atoms with Crippen LogP contribution in [0.5, 0.6) is 0 Å². The Morgan fingerprint density at radius 1 is 0.926 bits per heavy atom. The third-order valence-electron chi connectivity index (χ3n) is 4.49. The van der Waals surface area contributed by atoms with Crippen molar-refractivity contribution in [3.8, 4) is 0 Å². The summed E-state index contributed by atoms with van der Waals surface area (Å²) in [5, 5.41) is 11.0. The van der Waals surface area contributed by atoms with E-state index in [0.29, 0.717) is 51.3 Å². The number of anilines is 1. The Balaban J connectivity index is 1.85. The van der Waals surface area contributed by atoms with Crippen LogP contribution in [0.1, 0.15) is 38.8 Å². The van der Waals surface area contributed by atoms with Gasteiger partial charge in [-0.15, -0.1) is 0 Å². The predicted octanol–water partition coefficient (Wildman–Crippen LogP) is 4.21. The van der Waals surface area contributed by atoms with Gasteiger partial charge in [-0.25, -0.2) is 4.99 Å². The van der Waals surface area contributed by atoms with Crippen molar-refractivity contribution in [2.45, 2.75) is 27.7 Å². The predicted molar refractivity (Wildman–Crippen MR) is 101 cm³/mol. The Hall–Kier alpha value is -3.48. The number of aryl methyl sites for hydroxylation is 4. The van der Waals surface area contributed by atoms with Crippen molar-refractivity contribution < 1.29 is 13.8 Å². The maximum atomic E-state index is 13.0. The molecule has 1 N–H and O–H groups in total. The number of carbonyl (C=O) groups is 1. The fourth-order valence-corrected chi connectivity index (χ4v) is 3.07. The Kier molecular flexibility index (Phi) is 3.99. The van der Waals surface area contributed by atoms with Crippen LogP contribution in [-0.4, -0.2) is 21.8 Å². The number of hydrogen-bond acceptors (Lipinski definition) is 7. The van der Waals surface area contributed by atoms with Crippen LogP contribution in [0.25, 0.3) is 0 Å². The summed E-state index contributed by atoms with van der Waals surface area (Å²) in [5.41, 5.74) is 5.16. The third-order valence-corrected chi connectivity index (χ3v) is 4.49. The summed E-state index contributed by atoms with van der Waals surface area (Å²) in [7, 11) is 0. The molecular formula is C20H18N4O3. The number of carbonyl (C=O) groups excluding carboxylic acids is 1. The summed E-state index contributed by atoms with van der Waals surface area (Å²) < 4.78 is 10.4. The van der Waals surface area contributed by atoms with Gasteiger partial charge >= 0.3 is 0 Å². The minimum atomic E-state index is -0.108. The van der Waals surface area contributed by atoms with Crippen LogP contribution >= 0.6 is 0 Å². The average molecular weight is 362 g/mol. The van der Waals surface area contributed by atoms with Gasteiger partial charge in [0.1, 0.15) is 22.8 Å². The van der Waals surface area contributed by atoms with Gasteiger partial charge in [0.25, 0.3) is 0 Å². The van der Waals surface area contributed by atoms with Crippen molar-refractivity contribution >= 4 is 22.9 Å². The van der Waals surface area contributed by atoms with Crippen molar-refractivity contribution in [1.29, 1.82) is 0 Å². The van der Waals surface area contributed by atoms with E-state index >= 15 is 0 Å². The number of ketones is 1. The van der Waals surface area contributed by atoms with Crippen LogP contribution in [0.15, 0.2) is 50.1 Å². The Bertz CT molecular complexity index is 1080. The molecule has 7 heteroatoms. The molecule has 0 amide bonds. The Labute approximate surface area is 155 Å². The monoisotopic (exact) mass is 362 g/mol. The largest absolute Gasteiger partial charge is 0.359 e. The van der Waals surface area contributed by atoms with Crippen LogP contribution in [0.3, 0.4) is 0 Å². The highest BCUT2D eigenvalue weighted by Gasteiger charge is 2.26. The minimum absolute atomic E-state index is 0.108. The highest BCUT2D eigenvalue weighted by molar-refractivity contribution is 6.27. The number of Topliss-reactive ketones (excluding diaryl/α,β-unsaturated/α-hetero) is 1. The number of aliphatic imine (C=N–C) groups is 1.